The zero-order valence-corrected chi connectivity index (χ0v) is 10.5. The fourth-order valence-electron chi connectivity index (χ4n) is 3.20. The predicted molar refractivity (Wildman–Crippen MR) is 70.9 cm³/mol. The van der Waals surface area contributed by atoms with Gasteiger partial charge in [-0.3, -0.25) is 4.79 Å². The average Bonchev–Trinajstić information content (AvgIpc) is 2.55. The third-order valence-electron chi connectivity index (χ3n) is 4.07. The first kappa shape index (κ1) is 11.3. The molecule has 3 heteroatoms. The number of hydrogen-bond acceptors (Lipinski definition) is 1. The Balaban J connectivity index is 2.33. The molecular weight excluding hydrogens is 226 g/mol. The molecule has 1 aromatic heterocycles. The second-order valence-electron chi connectivity index (χ2n) is 5.07. The van der Waals surface area contributed by atoms with E-state index >= 15 is 0 Å². The monoisotopic (exact) mass is 243 g/mol. The van der Waals surface area contributed by atoms with Gasteiger partial charge in [-0.1, -0.05) is 24.6 Å². The molecule has 0 amide bonds. The molecule has 1 unspecified atom stereocenters. The van der Waals surface area contributed by atoms with Crippen LogP contribution < -0.4 is 0 Å². The van der Waals surface area contributed by atoms with E-state index in [1.54, 1.807) is 0 Å². The Hall–Kier alpha value is -1.77. The highest BCUT2D eigenvalue weighted by Gasteiger charge is 2.29. The summed E-state index contributed by atoms with van der Waals surface area (Å²) in [5.74, 6) is -1.02. The van der Waals surface area contributed by atoms with Crippen molar-refractivity contribution in [3.63, 3.8) is 0 Å². The fourth-order valence-corrected chi connectivity index (χ4v) is 3.20. The van der Waals surface area contributed by atoms with Crippen LogP contribution in [0, 0.1) is 0 Å². The Labute approximate surface area is 106 Å². The van der Waals surface area contributed by atoms with E-state index in [0.717, 1.165) is 42.1 Å². The van der Waals surface area contributed by atoms with Crippen LogP contribution in [0.1, 0.15) is 36.4 Å². The van der Waals surface area contributed by atoms with Crippen molar-refractivity contribution in [3.8, 4) is 0 Å². The van der Waals surface area contributed by atoms with E-state index in [2.05, 4.69) is 16.7 Å². The van der Waals surface area contributed by atoms with E-state index in [-0.39, 0.29) is 5.92 Å². The van der Waals surface area contributed by atoms with Crippen molar-refractivity contribution < 1.29 is 9.90 Å². The normalized spacial score (nSPS) is 19.5. The van der Waals surface area contributed by atoms with Gasteiger partial charge in [0.15, 0.2) is 0 Å². The quantitative estimate of drug-likeness (QED) is 0.782. The summed E-state index contributed by atoms with van der Waals surface area (Å²) in [6, 6.07) is 8.13. The topological polar surface area (TPSA) is 42.2 Å². The number of benzene rings is 1. The summed E-state index contributed by atoms with van der Waals surface area (Å²) in [6.45, 7) is 0. The van der Waals surface area contributed by atoms with Gasteiger partial charge in [0.1, 0.15) is 0 Å². The number of carboxylic acid groups (broad SMARTS) is 1. The molecule has 0 bridgehead atoms. The van der Waals surface area contributed by atoms with E-state index in [1.807, 2.05) is 19.2 Å². The predicted octanol–water partition coefficient (Wildman–Crippen LogP) is 3.07. The summed E-state index contributed by atoms with van der Waals surface area (Å²) in [7, 11) is 2.05. The van der Waals surface area contributed by atoms with Gasteiger partial charge in [0.25, 0.3) is 0 Å². The molecule has 1 heterocycles. The first-order valence-corrected chi connectivity index (χ1v) is 6.49. The van der Waals surface area contributed by atoms with E-state index < -0.39 is 5.97 Å². The molecule has 1 aromatic carbocycles. The summed E-state index contributed by atoms with van der Waals surface area (Å²) in [4.78, 5) is 11.5. The number of carbonyl (C=O) groups is 1. The maximum absolute atomic E-state index is 11.5. The van der Waals surface area contributed by atoms with Gasteiger partial charge in [0.05, 0.1) is 5.92 Å². The van der Waals surface area contributed by atoms with Crippen molar-refractivity contribution >= 4 is 16.9 Å². The lowest BCUT2D eigenvalue weighted by Gasteiger charge is -2.10. The van der Waals surface area contributed by atoms with Gasteiger partial charge >= 0.3 is 5.97 Å². The third kappa shape index (κ3) is 1.54. The van der Waals surface area contributed by atoms with Gasteiger partial charge in [-0.15, -0.1) is 0 Å². The number of carboxylic acids is 1. The van der Waals surface area contributed by atoms with Crippen molar-refractivity contribution in [3.05, 3.63) is 35.5 Å². The summed E-state index contributed by atoms with van der Waals surface area (Å²) in [6.07, 6.45) is 3.83. The highest BCUT2D eigenvalue weighted by atomic mass is 16.4. The maximum atomic E-state index is 11.5. The fraction of sp³-hybridized carbons (Fsp3) is 0.400. The Morgan fingerprint density at radius 3 is 2.89 bits per heavy atom. The third-order valence-corrected chi connectivity index (χ3v) is 4.07. The molecule has 0 spiro atoms. The molecule has 0 fully saturated rings. The molecule has 0 saturated heterocycles. The average molecular weight is 243 g/mol. The minimum Gasteiger partial charge on any atom is -0.481 e. The maximum Gasteiger partial charge on any atom is 0.311 e. The molecule has 1 N–H and O–H groups in total. The van der Waals surface area contributed by atoms with Crippen molar-refractivity contribution in [2.75, 3.05) is 0 Å². The zero-order valence-electron chi connectivity index (χ0n) is 10.5. The summed E-state index contributed by atoms with van der Waals surface area (Å²) < 4.78 is 2.17. The van der Waals surface area contributed by atoms with Crippen LogP contribution in [0.25, 0.3) is 10.9 Å². The Morgan fingerprint density at radius 2 is 2.11 bits per heavy atom. The zero-order chi connectivity index (χ0) is 12.7. The molecule has 1 aliphatic carbocycles. The van der Waals surface area contributed by atoms with Gasteiger partial charge in [-0.05, 0) is 30.9 Å². The SMILES string of the molecule is Cn1c2c(c3ccccc31)C(C(=O)O)CCCC2. The van der Waals surface area contributed by atoms with E-state index in [1.165, 1.54) is 5.69 Å². The summed E-state index contributed by atoms with van der Waals surface area (Å²) >= 11 is 0. The van der Waals surface area contributed by atoms with Crippen LogP contribution in [0.5, 0.6) is 0 Å². The number of hydrogen-bond donors (Lipinski definition) is 1. The number of rotatable bonds is 1. The van der Waals surface area contributed by atoms with Crippen molar-refractivity contribution in [1.82, 2.24) is 4.57 Å². The van der Waals surface area contributed by atoms with Crippen LogP contribution in [-0.2, 0) is 18.3 Å². The molecule has 94 valence electrons. The summed E-state index contributed by atoms with van der Waals surface area (Å²) in [5, 5.41) is 10.6. The number of aryl methyl sites for hydroxylation is 1. The first-order chi connectivity index (χ1) is 8.70. The molecular formula is C15H17NO2. The van der Waals surface area contributed by atoms with Crippen LogP contribution >= 0.6 is 0 Å². The smallest absolute Gasteiger partial charge is 0.311 e. The largest absolute Gasteiger partial charge is 0.481 e. The molecule has 18 heavy (non-hydrogen) atoms. The number of aliphatic carboxylic acids is 1. The van der Waals surface area contributed by atoms with E-state index in [0.29, 0.717) is 0 Å². The summed E-state index contributed by atoms with van der Waals surface area (Å²) in [5.41, 5.74) is 3.41. The lowest BCUT2D eigenvalue weighted by Crippen LogP contribution is -2.11. The van der Waals surface area contributed by atoms with Crippen molar-refractivity contribution in [1.29, 1.82) is 0 Å². The van der Waals surface area contributed by atoms with Gasteiger partial charge in [-0.25, -0.2) is 0 Å². The molecule has 3 rings (SSSR count). The van der Waals surface area contributed by atoms with Crippen LogP contribution in [0.15, 0.2) is 24.3 Å². The Morgan fingerprint density at radius 1 is 1.33 bits per heavy atom. The molecule has 0 radical (unpaired) electrons. The van der Waals surface area contributed by atoms with Crippen LogP contribution in [0.4, 0.5) is 0 Å². The molecule has 1 atom stereocenters. The van der Waals surface area contributed by atoms with Crippen LogP contribution in [0.2, 0.25) is 0 Å². The second kappa shape index (κ2) is 4.16. The highest BCUT2D eigenvalue weighted by Crippen LogP contribution is 2.37. The molecule has 3 nitrogen and oxygen atoms in total. The molecule has 2 aromatic rings. The second-order valence-corrected chi connectivity index (χ2v) is 5.07. The Kier molecular flexibility index (Phi) is 2.62. The highest BCUT2D eigenvalue weighted by molar-refractivity contribution is 5.91. The minimum absolute atomic E-state index is 0.339. The molecule has 1 aliphatic rings. The van der Waals surface area contributed by atoms with Gasteiger partial charge in [-0.2, -0.15) is 0 Å². The van der Waals surface area contributed by atoms with Crippen LogP contribution in [-0.4, -0.2) is 15.6 Å². The van der Waals surface area contributed by atoms with Gasteiger partial charge < -0.3 is 9.67 Å². The number of para-hydroxylation sites is 1. The lowest BCUT2D eigenvalue weighted by molar-refractivity contribution is -0.138. The standard InChI is InChI=1S/C15H17NO2/c1-16-12-8-4-2-6-10(12)14-11(15(17)18)7-3-5-9-13(14)16/h2,4,6,8,11H,3,5,7,9H2,1H3,(H,17,18). The first-order valence-electron chi connectivity index (χ1n) is 6.49. The van der Waals surface area contributed by atoms with Crippen LogP contribution in [0.3, 0.4) is 0 Å². The Bertz CT molecular complexity index is 612. The van der Waals surface area contributed by atoms with E-state index in [4.69, 9.17) is 0 Å². The number of aromatic nitrogens is 1. The minimum atomic E-state index is -0.686. The number of nitrogens with zero attached hydrogens (tertiary/aromatic N) is 1. The lowest BCUT2D eigenvalue weighted by atomic mass is 9.94. The molecule has 0 aliphatic heterocycles. The van der Waals surface area contributed by atoms with Gasteiger partial charge in [0, 0.05) is 23.6 Å². The van der Waals surface area contributed by atoms with Crippen molar-refractivity contribution in [2.45, 2.75) is 31.6 Å². The van der Waals surface area contributed by atoms with E-state index in [9.17, 15) is 9.90 Å². The molecule has 0 saturated carbocycles. The van der Waals surface area contributed by atoms with Crippen molar-refractivity contribution in [2.24, 2.45) is 7.05 Å². The number of fused-ring (bicyclic) bond motifs is 3. The van der Waals surface area contributed by atoms with Gasteiger partial charge in [0.2, 0.25) is 0 Å².